The van der Waals surface area contributed by atoms with Crippen LogP contribution in [-0.4, -0.2) is 13.1 Å². The van der Waals surface area contributed by atoms with Crippen molar-refractivity contribution < 1.29 is 0 Å². The number of benzene rings is 1. The molecule has 0 bridgehead atoms. The van der Waals surface area contributed by atoms with Crippen LogP contribution in [0.5, 0.6) is 0 Å². The van der Waals surface area contributed by atoms with E-state index < -0.39 is 0 Å². The van der Waals surface area contributed by atoms with E-state index in [1.54, 1.807) is 0 Å². The van der Waals surface area contributed by atoms with Gasteiger partial charge in [0.2, 0.25) is 0 Å². The minimum absolute atomic E-state index is 0. The molecule has 0 unspecified atom stereocenters. The van der Waals surface area contributed by atoms with E-state index in [0.29, 0.717) is 0 Å². The molecule has 0 saturated carbocycles. The highest BCUT2D eigenvalue weighted by Crippen LogP contribution is 2.19. The molecule has 0 fully saturated rings. The summed E-state index contributed by atoms with van der Waals surface area (Å²) in [5, 5.41) is 0. The van der Waals surface area contributed by atoms with Crippen LogP contribution >= 0.6 is 12.4 Å². The van der Waals surface area contributed by atoms with E-state index >= 15 is 0 Å². The van der Waals surface area contributed by atoms with Crippen LogP contribution in [0.3, 0.4) is 0 Å². The molecule has 0 aromatic heterocycles. The van der Waals surface area contributed by atoms with Gasteiger partial charge >= 0.3 is 0 Å². The standard InChI is InChI=1S/C46H87N.ClH/c1-3-5-7-9-11-13-15-17-19-21-23-25-27-29-31-33-35-40-44-47(46-42-38-37-39-43-46)45-41-36-34-32-30-28-26-24-22-20-18-16-14-12-10-8-6-4-2;/h37-39,42-43H,3-36,40-41,44-45H2,1-2H3;1H. The largest absolute Gasteiger partial charge is 0.372 e. The Morgan fingerprint density at radius 2 is 0.500 bits per heavy atom. The zero-order valence-corrected chi connectivity index (χ0v) is 33.9. The maximum Gasteiger partial charge on any atom is 0.0366 e. The Morgan fingerprint density at radius 1 is 0.292 bits per heavy atom. The quantitative estimate of drug-likeness (QED) is 0.0622. The first-order chi connectivity index (χ1) is 23.4. The molecule has 284 valence electrons. The molecule has 0 atom stereocenters. The second kappa shape index (κ2) is 40.7. The normalized spacial score (nSPS) is 11.2. The van der Waals surface area contributed by atoms with Crippen molar-refractivity contribution in [2.45, 2.75) is 245 Å². The summed E-state index contributed by atoms with van der Waals surface area (Å²) in [7, 11) is 0. The van der Waals surface area contributed by atoms with Gasteiger partial charge in [-0.05, 0) is 25.0 Å². The molecule has 0 aliphatic rings. The molecule has 0 amide bonds. The fourth-order valence-electron chi connectivity index (χ4n) is 7.42. The molecule has 2 heteroatoms. The highest BCUT2D eigenvalue weighted by molar-refractivity contribution is 5.85. The van der Waals surface area contributed by atoms with Crippen LogP contribution in [0.1, 0.15) is 245 Å². The molecule has 0 spiro atoms. The summed E-state index contributed by atoms with van der Waals surface area (Å²) in [5.41, 5.74) is 1.44. The van der Waals surface area contributed by atoms with Crippen molar-refractivity contribution in [2.24, 2.45) is 0 Å². The zero-order chi connectivity index (χ0) is 33.6. The smallest absolute Gasteiger partial charge is 0.0366 e. The molecule has 0 saturated heterocycles. The lowest BCUT2D eigenvalue weighted by atomic mass is 10.0. The van der Waals surface area contributed by atoms with Crippen LogP contribution in [0.15, 0.2) is 30.3 Å². The third kappa shape index (κ3) is 33.8. The van der Waals surface area contributed by atoms with Crippen LogP contribution in [0.25, 0.3) is 0 Å². The SMILES string of the molecule is CCCCCCCCCCCCCCCCCCCCN(CCCCCCCCCCCCCCCCCCCC)c1ccccc1.Cl. The summed E-state index contributed by atoms with van der Waals surface area (Å²) in [6, 6.07) is 11.2. The number of anilines is 1. The molecule has 1 rings (SSSR count). The molecule has 0 aliphatic carbocycles. The second-order valence-electron chi connectivity index (χ2n) is 15.3. The first-order valence-electron chi connectivity index (χ1n) is 22.2. The monoisotopic (exact) mass is 690 g/mol. The lowest BCUT2D eigenvalue weighted by molar-refractivity contribution is 0.521. The Hall–Kier alpha value is -0.690. The molecule has 0 aliphatic heterocycles. The lowest BCUT2D eigenvalue weighted by Crippen LogP contribution is -2.25. The van der Waals surface area contributed by atoms with Gasteiger partial charge in [-0.3, -0.25) is 0 Å². The van der Waals surface area contributed by atoms with Gasteiger partial charge in [-0.1, -0.05) is 250 Å². The molecule has 0 radical (unpaired) electrons. The van der Waals surface area contributed by atoms with Gasteiger partial charge in [-0.25, -0.2) is 0 Å². The molecule has 48 heavy (non-hydrogen) atoms. The third-order valence-corrected chi connectivity index (χ3v) is 10.7. The highest BCUT2D eigenvalue weighted by Gasteiger charge is 2.06. The molecular formula is C46H88ClN. The zero-order valence-electron chi connectivity index (χ0n) is 33.1. The first kappa shape index (κ1) is 47.3. The summed E-state index contributed by atoms with van der Waals surface area (Å²) in [6.45, 7) is 7.09. The first-order valence-corrected chi connectivity index (χ1v) is 22.2. The predicted octanol–water partition coefficient (Wildman–Crippen LogP) is 17.0. The van der Waals surface area contributed by atoms with Gasteiger partial charge < -0.3 is 4.90 Å². The number of nitrogens with zero attached hydrogens (tertiary/aromatic N) is 1. The molecule has 0 N–H and O–H groups in total. The maximum absolute atomic E-state index is 2.68. The summed E-state index contributed by atoms with van der Waals surface area (Å²) < 4.78 is 0. The van der Waals surface area contributed by atoms with E-state index in [4.69, 9.17) is 0 Å². The van der Waals surface area contributed by atoms with Gasteiger partial charge in [-0.15, -0.1) is 12.4 Å². The summed E-state index contributed by atoms with van der Waals surface area (Å²) in [4.78, 5) is 2.68. The van der Waals surface area contributed by atoms with E-state index in [2.05, 4.69) is 49.1 Å². The number of hydrogen-bond acceptors (Lipinski definition) is 1. The third-order valence-electron chi connectivity index (χ3n) is 10.7. The van der Waals surface area contributed by atoms with E-state index in [1.165, 1.54) is 250 Å². The van der Waals surface area contributed by atoms with Gasteiger partial charge in [0.1, 0.15) is 0 Å². The molecule has 0 heterocycles. The Balaban J connectivity index is 0.0000221. The van der Waals surface area contributed by atoms with Gasteiger partial charge in [-0.2, -0.15) is 0 Å². The maximum atomic E-state index is 2.68. The highest BCUT2D eigenvalue weighted by atomic mass is 35.5. The Kier molecular flexibility index (Phi) is 40.2. The fraction of sp³-hybridized carbons (Fsp3) is 0.870. The lowest BCUT2D eigenvalue weighted by Gasteiger charge is -2.25. The van der Waals surface area contributed by atoms with Crippen molar-refractivity contribution >= 4 is 18.1 Å². The topological polar surface area (TPSA) is 3.24 Å². The van der Waals surface area contributed by atoms with Gasteiger partial charge in [0, 0.05) is 18.8 Å². The summed E-state index contributed by atoms with van der Waals surface area (Å²) >= 11 is 0. The Morgan fingerprint density at radius 3 is 0.729 bits per heavy atom. The van der Waals surface area contributed by atoms with Crippen molar-refractivity contribution in [3.63, 3.8) is 0 Å². The molecule has 1 nitrogen and oxygen atoms in total. The Bertz CT molecular complexity index is 651. The number of hydrogen-bond donors (Lipinski definition) is 0. The number of rotatable bonds is 39. The van der Waals surface area contributed by atoms with E-state index in [0.717, 1.165) is 0 Å². The van der Waals surface area contributed by atoms with Gasteiger partial charge in [0.05, 0.1) is 0 Å². The van der Waals surface area contributed by atoms with Gasteiger partial charge in [0.25, 0.3) is 0 Å². The average molecular weight is 691 g/mol. The van der Waals surface area contributed by atoms with Crippen molar-refractivity contribution in [1.29, 1.82) is 0 Å². The van der Waals surface area contributed by atoms with Crippen molar-refractivity contribution in [1.82, 2.24) is 0 Å². The van der Waals surface area contributed by atoms with Crippen LogP contribution < -0.4 is 4.90 Å². The summed E-state index contributed by atoms with van der Waals surface area (Å²) in [5.74, 6) is 0. The van der Waals surface area contributed by atoms with Crippen molar-refractivity contribution in [2.75, 3.05) is 18.0 Å². The fourth-order valence-corrected chi connectivity index (χ4v) is 7.42. The number of para-hydroxylation sites is 1. The van der Waals surface area contributed by atoms with E-state index in [-0.39, 0.29) is 12.4 Å². The van der Waals surface area contributed by atoms with Crippen LogP contribution in [0.2, 0.25) is 0 Å². The van der Waals surface area contributed by atoms with Crippen LogP contribution in [0, 0.1) is 0 Å². The van der Waals surface area contributed by atoms with Crippen LogP contribution in [-0.2, 0) is 0 Å². The van der Waals surface area contributed by atoms with E-state index in [9.17, 15) is 0 Å². The number of unbranched alkanes of at least 4 members (excludes halogenated alkanes) is 34. The van der Waals surface area contributed by atoms with Gasteiger partial charge in [0.15, 0.2) is 0 Å². The molecule has 1 aromatic carbocycles. The van der Waals surface area contributed by atoms with E-state index in [1.807, 2.05) is 0 Å². The number of halogens is 1. The van der Waals surface area contributed by atoms with Crippen LogP contribution in [0.4, 0.5) is 5.69 Å². The second-order valence-corrected chi connectivity index (χ2v) is 15.3. The average Bonchev–Trinajstić information content (AvgIpc) is 3.10. The predicted molar refractivity (Wildman–Crippen MR) is 223 cm³/mol. The molecule has 1 aromatic rings. The summed E-state index contributed by atoms with van der Waals surface area (Å²) in [6.07, 6.45) is 52.2. The van der Waals surface area contributed by atoms with Crippen molar-refractivity contribution in [3.05, 3.63) is 30.3 Å². The van der Waals surface area contributed by atoms with Crippen molar-refractivity contribution in [3.8, 4) is 0 Å². The minimum Gasteiger partial charge on any atom is -0.372 e. The Labute approximate surface area is 310 Å². The molecular weight excluding hydrogens is 602 g/mol. The minimum atomic E-state index is 0.